The lowest BCUT2D eigenvalue weighted by Gasteiger charge is -2.03. The zero-order valence-electron chi connectivity index (χ0n) is 10.3. The van der Waals surface area contributed by atoms with Gasteiger partial charge >= 0.3 is 0 Å². The van der Waals surface area contributed by atoms with Gasteiger partial charge in [-0.15, -0.1) is 11.3 Å². The van der Waals surface area contributed by atoms with Crippen LogP contribution in [0.25, 0.3) is 0 Å². The highest BCUT2D eigenvalue weighted by Gasteiger charge is 2.15. The van der Waals surface area contributed by atoms with Gasteiger partial charge in [0.1, 0.15) is 4.88 Å². The van der Waals surface area contributed by atoms with Gasteiger partial charge in [0.2, 0.25) is 0 Å². The summed E-state index contributed by atoms with van der Waals surface area (Å²) in [5, 5.41) is 14.1. The summed E-state index contributed by atoms with van der Waals surface area (Å²) in [7, 11) is 0. The fourth-order valence-corrected chi connectivity index (χ4v) is 2.44. The number of thiazole rings is 1. The van der Waals surface area contributed by atoms with Crippen molar-refractivity contribution < 1.29 is 9.72 Å². The molecule has 1 aromatic carbocycles. The molecule has 0 unspecified atom stereocenters. The first kappa shape index (κ1) is 13.2. The summed E-state index contributed by atoms with van der Waals surface area (Å²) in [4.78, 5) is 26.9. The predicted molar refractivity (Wildman–Crippen MR) is 72.6 cm³/mol. The number of non-ortho nitro benzene ring substituents is 1. The Morgan fingerprint density at radius 1 is 1.42 bits per heavy atom. The lowest BCUT2D eigenvalue weighted by molar-refractivity contribution is -0.384. The second-order valence-electron chi connectivity index (χ2n) is 3.91. The van der Waals surface area contributed by atoms with Gasteiger partial charge in [0.05, 0.1) is 15.6 Å². The van der Waals surface area contributed by atoms with Gasteiger partial charge in [0.15, 0.2) is 0 Å². The molecule has 19 heavy (non-hydrogen) atoms. The molecule has 1 N–H and O–H groups in total. The minimum absolute atomic E-state index is 0.0602. The number of amides is 1. The molecule has 2 rings (SSSR count). The fourth-order valence-electron chi connectivity index (χ4n) is 1.63. The van der Waals surface area contributed by atoms with E-state index < -0.39 is 4.92 Å². The average molecular weight is 277 g/mol. The van der Waals surface area contributed by atoms with Gasteiger partial charge in [-0.2, -0.15) is 0 Å². The molecule has 1 aromatic heterocycles. The summed E-state index contributed by atoms with van der Waals surface area (Å²) in [6.45, 7) is 3.58. The fraction of sp³-hybridized carbons (Fsp3) is 0.167. The van der Waals surface area contributed by atoms with Gasteiger partial charge in [-0.1, -0.05) is 6.07 Å². The number of carbonyl (C=O) groups is 1. The maximum absolute atomic E-state index is 12.0. The van der Waals surface area contributed by atoms with Crippen molar-refractivity contribution in [2.24, 2.45) is 0 Å². The largest absolute Gasteiger partial charge is 0.321 e. The van der Waals surface area contributed by atoms with Crippen LogP contribution in [0, 0.1) is 24.0 Å². The van der Waals surface area contributed by atoms with Crippen LogP contribution in [0.3, 0.4) is 0 Å². The van der Waals surface area contributed by atoms with E-state index >= 15 is 0 Å². The smallest absolute Gasteiger partial charge is 0.271 e. The van der Waals surface area contributed by atoms with Crippen LogP contribution in [-0.2, 0) is 0 Å². The summed E-state index contributed by atoms with van der Waals surface area (Å²) >= 11 is 1.30. The number of nitro benzene ring substituents is 1. The number of aryl methyl sites for hydroxylation is 2. The number of hydrogen-bond acceptors (Lipinski definition) is 5. The second kappa shape index (κ2) is 5.15. The Morgan fingerprint density at radius 3 is 2.74 bits per heavy atom. The van der Waals surface area contributed by atoms with E-state index in [0.29, 0.717) is 16.3 Å². The molecule has 98 valence electrons. The number of rotatable bonds is 3. The monoisotopic (exact) mass is 277 g/mol. The second-order valence-corrected chi connectivity index (χ2v) is 5.11. The van der Waals surface area contributed by atoms with Crippen molar-refractivity contribution in [3.63, 3.8) is 0 Å². The minimum atomic E-state index is -0.502. The Labute approximate surface area is 113 Å². The third-order valence-corrected chi connectivity index (χ3v) is 3.50. The van der Waals surface area contributed by atoms with E-state index in [9.17, 15) is 14.9 Å². The molecule has 0 bridgehead atoms. The van der Waals surface area contributed by atoms with Gasteiger partial charge in [0, 0.05) is 17.8 Å². The van der Waals surface area contributed by atoms with Crippen LogP contribution in [0.5, 0.6) is 0 Å². The molecule has 0 aliphatic heterocycles. The van der Waals surface area contributed by atoms with Crippen LogP contribution in [0.4, 0.5) is 11.4 Å². The highest BCUT2D eigenvalue weighted by molar-refractivity contribution is 7.13. The number of nitrogens with zero attached hydrogens (tertiary/aromatic N) is 2. The topological polar surface area (TPSA) is 85.1 Å². The van der Waals surface area contributed by atoms with Gasteiger partial charge in [0.25, 0.3) is 11.6 Å². The Kier molecular flexibility index (Phi) is 3.57. The number of benzene rings is 1. The SMILES string of the molecule is Cc1nc(C)c(C(=O)Nc2cccc([N+](=O)[O-])c2)s1. The number of hydrogen-bond donors (Lipinski definition) is 1. The first-order chi connectivity index (χ1) is 8.97. The highest BCUT2D eigenvalue weighted by atomic mass is 32.1. The van der Waals surface area contributed by atoms with E-state index in [1.807, 2.05) is 6.92 Å². The number of anilines is 1. The number of nitrogens with one attached hydrogen (secondary N) is 1. The van der Waals surface area contributed by atoms with E-state index in [4.69, 9.17) is 0 Å². The quantitative estimate of drug-likeness (QED) is 0.690. The number of carbonyl (C=O) groups excluding carboxylic acids is 1. The molecular formula is C12H11N3O3S. The summed E-state index contributed by atoms with van der Waals surface area (Å²) in [5.41, 5.74) is 0.991. The van der Waals surface area contributed by atoms with Crippen LogP contribution >= 0.6 is 11.3 Å². The van der Waals surface area contributed by atoms with Gasteiger partial charge in [-0.3, -0.25) is 14.9 Å². The predicted octanol–water partition coefficient (Wildman–Crippen LogP) is 2.92. The van der Waals surface area contributed by atoms with Crippen LogP contribution < -0.4 is 5.32 Å². The third-order valence-electron chi connectivity index (χ3n) is 2.42. The molecular weight excluding hydrogens is 266 g/mol. The molecule has 0 saturated heterocycles. The molecule has 0 saturated carbocycles. The van der Waals surface area contributed by atoms with Gasteiger partial charge in [-0.25, -0.2) is 4.98 Å². The molecule has 0 atom stereocenters. The zero-order chi connectivity index (χ0) is 14.0. The molecule has 1 amide bonds. The lowest BCUT2D eigenvalue weighted by atomic mass is 10.2. The molecule has 0 spiro atoms. The zero-order valence-corrected chi connectivity index (χ0v) is 11.2. The maximum atomic E-state index is 12.0. The van der Waals surface area contributed by atoms with E-state index in [0.717, 1.165) is 5.01 Å². The molecule has 0 radical (unpaired) electrons. The van der Waals surface area contributed by atoms with Crippen LogP contribution in [-0.4, -0.2) is 15.8 Å². The van der Waals surface area contributed by atoms with Crippen LogP contribution in [0.1, 0.15) is 20.4 Å². The Bertz CT molecular complexity index is 651. The lowest BCUT2D eigenvalue weighted by Crippen LogP contribution is -2.11. The normalized spacial score (nSPS) is 10.2. The van der Waals surface area contributed by atoms with Crippen molar-refractivity contribution in [1.29, 1.82) is 0 Å². The van der Waals surface area contributed by atoms with Crippen LogP contribution in [0.2, 0.25) is 0 Å². The van der Waals surface area contributed by atoms with Crippen molar-refractivity contribution in [2.75, 3.05) is 5.32 Å². The van der Waals surface area contributed by atoms with Crippen molar-refractivity contribution in [3.05, 3.63) is 50.0 Å². The molecule has 6 nitrogen and oxygen atoms in total. The van der Waals surface area contributed by atoms with E-state index in [1.165, 1.54) is 29.5 Å². The van der Waals surface area contributed by atoms with E-state index in [2.05, 4.69) is 10.3 Å². The summed E-state index contributed by atoms with van der Waals surface area (Å²) in [5.74, 6) is -0.302. The highest BCUT2D eigenvalue weighted by Crippen LogP contribution is 2.21. The first-order valence-corrected chi connectivity index (χ1v) is 6.29. The molecule has 7 heteroatoms. The van der Waals surface area contributed by atoms with Crippen molar-refractivity contribution >= 4 is 28.6 Å². The average Bonchev–Trinajstić information content (AvgIpc) is 2.69. The maximum Gasteiger partial charge on any atom is 0.271 e. The van der Waals surface area contributed by atoms with Crippen molar-refractivity contribution in [2.45, 2.75) is 13.8 Å². The third kappa shape index (κ3) is 2.94. The van der Waals surface area contributed by atoms with Crippen molar-refractivity contribution in [1.82, 2.24) is 4.98 Å². The van der Waals surface area contributed by atoms with E-state index in [-0.39, 0.29) is 11.6 Å². The van der Waals surface area contributed by atoms with Crippen molar-refractivity contribution in [3.8, 4) is 0 Å². The molecule has 0 aliphatic carbocycles. The Balaban J connectivity index is 2.21. The molecule has 0 fully saturated rings. The summed E-state index contributed by atoms with van der Waals surface area (Å²) in [6, 6.07) is 5.82. The molecule has 1 heterocycles. The first-order valence-electron chi connectivity index (χ1n) is 5.47. The van der Waals surface area contributed by atoms with Gasteiger partial charge in [-0.05, 0) is 19.9 Å². The van der Waals surface area contributed by atoms with Gasteiger partial charge < -0.3 is 5.32 Å². The molecule has 0 aliphatic rings. The summed E-state index contributed by atoms with van der Waals surface area (Å²) < 4.78 is 0. The molecule has 2 aromatic rings. The van der Waals surface area contributed by atoms with Crippen LogP contribution in [0.15, 0.2) is 24.3 Å². The Morgan fingerprint density at radius 2 is 2.16 bits per heavy atom. The number of aromatic nitrogens is 1. The standard InChI is InChI=1S/C12H11N3O3S/c1-7-11(19-8(2)13-7)12(16)14-9-4-3-5-10(6-9)15(17)18/h3-6H,1-2H3,(H,14,16). The Hall–Kier alpha value is -2.28. The van der Waals surface area contributed by atoms with E-state index in [1.54, 1.807) is 13.0 Å². The minimum Gasteiger partial charge on any atom is -0.321 e. The number of nitro groups is 1. The summed E-state index contributed by atoms with van der Waals surface area (Å²) in [6.07, 6.45) is 0.